The fourth-order valence-electron chi connectivity index (χ4n) is 1.50. The van der Waals surface area contributed by atoms with Crippen LogP contribution in [0.3, 0.4) is 0 Å². The molecule has 18 heavy (non-hydrogen) atoms. The molecule has 2 aromatic carbocycles. The smallest absolute Gasteiger partial charge is 0.273 e. The van der Waals surface area contributed by atoms with Crippen LogP contribution in [0.4, 0.5) is 11.4 Å². The Hall–Kier alpha value is -2.56. The van der Waals surface area contributed by atoms with Crippen LogP contribution in [0.25, 0.3) is 0 Å². The number of nitro groups is 1. The van der Waals surface area contributed by atoms with E-state index in [1.807, 2.05) is 30.3 Å². The Balaban J connectivity index is 2.14. The van der Waals surface area contributed by atoms with Crippen LogP contribution in [-0.4, -0.2) is 4.92 Å². The summed E-state index contributed by atoms with van der Waals surface area (Å²) in [5, 5.41) is 10.6. The van der Waals surface area contributed by atoms with Crippen LogP contribution in [0.1, 0.15) is 5.56 Å². The van der Waals surface area contributed by atoms with Crippen molar-refractivity contribution in [3.8, 4) is 5.75 Å². The van der Waals surface area contributed by atoms with E-state index < -0.39 is 4.92 Å². The van der Waals surface area contributed by atoms with E-state index in [2.05, 4.69) is 0 Å². The van der Waals surface area contributed by atoms with E-state index in [-0.39, 0.29) is 5.69 Å². The van der Waals surface area contributed by atoms with Crippen molar-refractivity contribution in [1.82, 2.24) is 0 Å². The molecule has 92 valence electrons. The van der Waals surface area contributed by atoms with Gasteiger partial charge in [-0.05, 0) is 11.6 Å². The summed E-state index contributed by atoms with van der Waals surface area (Å²) in [5.41, 5.74) is 7.03. The number of ether oxygens (including phenoxy) is 1. The van der Waals surface area contributed by atoms with Crippen LogP contribution < -0.4 is 10.5 Å². The van der Waals surface area contributed by atoms with Gasteiger partial charge in [-0.3, -0.25) is 10.1 Å². The van der Waals surface area contributed by atoms with Crippen molar-refractivity contribution >= 4 is 11.4 Å². The van der Waals surface area contributed by atoms with E-state index in [0.717, 1.165) is 5.56 Å². The highest BCUT2D eigenvalue weighted by Crippen LogP contribution is 2.27. The standard InChI is InChI=1S/C13H12N2O3/c14-12-7-6-11(15(16)17)8-13(12)18-9-10-4-2-1-3-5-10/h1-8H,9,14H2. The Morgan fingerprint density at radius 3 is 2.56 bits per heavy atom. The SMILES string of the molecule is Nc1ccc([N+](=O)[O-])cc1OCc1ccccc1. The second-order valence-electron chi connectivity index (χ2n) is 3.75. The molecule has 0 aromatic heterocycles. The maximum atomic E-state index is 10.6. The van der Waals surface area contributed by atoms with Crippen LogP contribution in [0, 0.1) is 10.1 Å². The Kier molecular flexibility index (Phi) is 3.43. The summed E-state index contributed by atoms with van der Waals surface area (Å²) in [6.07, 6.45) is 0. The number of nitrogens with two attached hydrogens (primary N) is 1. The van der Waals surface area contributed by atoms with Crippen LogP contribution >= 0.6 is 0 Å². The number of nitrogen functional groups attached to an aromatic ring is 1. The number of rotatable bonds is 4. The lowest BCUT2D eigenvalue weighted by Crippen LogP contribution is -1.99. The van der Waals surface area contributed by atoms with Gasteiger partial charge in [-0.1, -0.05) is 30.3 Å². The van der Waals surface area contributed by atoms with Crippen molar-refractivity contribution in [1.29, 1.82) is 0 Å². The monoisotopic (exact) mass is 244 g/mol. The Labute approximate surface area is 104 Å². The van der Waals surface area contributed by atoms with Crippen molar-refractivity contribution in [3.05, 3.63) is 64.2 Å². The summed E-state index contributed by atoms with van der Waals surface area (Å²) >= 11 is 0. The Morgan fingerprint density at radius 1 is 1.17 bits per heavy atom. The average Bonchev–Trinajstić information content (AvgIpc) is 2.38. The summed E-state index contributed by atoms with van der Waals surface area (Å²) in [6, 6.07) is 13.7. The molecule has 0 aliphatic rings. The van der Waals surface area contributed by atoms with E-state index in [9.17, 15) is 10.1 Å². The van der Waals surface area contributed by atoms with E-state index in [1.165, 1.54) is 18.2 Å². The van der Waals surface area contributed by atoms with Gasteiger partial charge in [0.15, 0.2) is 0 Å². The zero-order chi connectivity index (χ0) is 13.0. The van der Waals surface area contributed by atoms with Crippen molar-refractivity contribution in [3.63, 3.8) is 0 Å². The molecule has 0 saturated carbocycles. The van der Waals surface area contributed by atoms with Gasteiger partial charge in [-0.2, -0.15) is 0 Å². The van der Waals surface area contributed by atoms with Crippen LogP contribution in [0.15, 0.2) is 48.5 Å². The molecule has 0 fully saturated rings. The second-order valence-corrected chi connectivity index (χ2v) is 3.75. The first-order chi connectivity index (χ1) is 8.66. The highest BCUT2D eigenvalue weighted by molar-refractivity contribution is 5.57. The molecule has 0 heterocycles. The molecule has 0 bridgehead atoms. The number of nitrogens with zero attached hydrogens (tertiary/aromatic N) is 1. The molecule has 0 aliphatic heterocycles. The summed E-state index contributed by atoms with van der Waals surface area (Å²) in [4.78, 5) is 10.2. The lowest BCUT2D eigenvalue weighted by molar-refractivity contribution is -0.384. The first kappa shape index (κ1) is 11.9. The molecule has 5 nitrogen and oxygen atoms in total. The maximum Gasteiger partial charge on any atom is 0.273 e. The molecule has 2 aromatic rings. The molecule has 0 amide bonds. The molecule has 0 atom stereocenters. The number of non-ortho nitro benzene ring substituents is 1. The fraction of sp³-hybridized carbons (Fsp3) is 0.0769. The van der Waals surface area contributed by atoms with Crippen molar-refractivity contribution in [2.75, 3.05) is 5.73 Å². The molecular formula is C13H12N2O3. The van der Waals surface area contributed by atoms with Gasteiger partial charge in [0.05, 0.1) is 16.7 Å². The first-order valence-corrected chi connectivity index (χ1v) is 5.37. The zero-order valence-corrected chi connectivity index (χ0v) is 9.58. The van der Waals surface area contributed by atoms with Crippen LogP contribution in [-0.2, 0) is 6.61 Å². The second kappa shape index (κ2) is 5.18. The predicted octanol–water partition coefficient (Wildman–Crippen LogP) is 2.76. The highest BCUT2D eigenvalue weighted by atomic mass is 16.6. The minimum Gasteiger partial charge on any atom is -0.486 e. The minimum atomic E-state index is -0.477. The normalized spacial score (nSPS) is 10.0. The largest absolute Gasteiger partial charge is 0.486 e. The van der Waals surface area contributed by atoms with Gasteiger partial charge < -0.3 is 10.5 Å². The topological polar surface area (TPSA) is 78.4 Å². The van der Waals surface area contributed by atoms with Crippen LogP contribution in [0.5, 0.6) is 5.75 Å². The first-order valence-electron chi connectivity index (χ1n) is 5.37. The molecule has 5 heteroatoms. The summed E-state index contributed by atoms with van der Waals surface area (Å²) in [5.74, 6) is 0.327. The van der Waals surface area contributed by atoms with Gasteiger partial charge in [0.2, 0.25) is 0 Å². The third-order valence-corrected chi connectivity index (χ3v) is 2.45. The molecule has 0 aliphatic carbocycles. The molecule has 2 N–H and O–H groups in total. The lowest BCUT2D eigenvalue weighted by atomic mass is 10.2. The van der Waals surface area contributed by atoms with E-state index in [0.29, 0.717) is 18.0 Å². The maximum absolute atomic E-state index is 10.6. The quantitative estimate of drug-likeness (QED) is 0.509. The highest BCUT2D eigenvalue weighted by Gasteiger charge is 2.10. The summed E-state index contributed by atoms with van der Waals surface area (Å²) in [6.45, 7) is 0.326. The minimum absolute atomic E-state index is 0.0349. The molecular weight excluding hydrogens is 232 g/mol. The van der Waals surface area contributed by atoms with Gasteiger partial charge in [0, 0.05) is 6.07 Å². The lowest BCUT2D eigenvalue weighted by Gasteiger charge is -2.08. The van der Waals surface area contributed by atoms with E-state index in [4.69, 9.17) is 10.5 Å². The van der Waals surface area contributed by atoms with E-state index in [1.54, 1.807) is 0 Å². The van der Waals surface area contributed by atoms with Crippen molar-refractivity contribution in [2.45, 2.75) is 6.61 Å². The van der Waals surface area contributed by atoms with Gasteiger partial charge in [-0.15, -0.1) is 0 Å². The average molecular weight is 244 g/mol. The number of hydrogen-bond donors (Lipinski definition) is 1. The van der Waals surface area contributed by atoms with Crippen LogP contribution in [0.2, 0.25) is 0 Å². The molecule has 0 saturated heterocycles. The Morgan fingerprint density at radius 2 is 1.89 bits per heavy atom. The third-order valence-electron chi connectivity index (χ3n) is 2.45. The summed E-state index contributed by atoms with van der Waals surface area (Å²) < 4.78 is 5.48. The zero-order valence-electron chi connectivity index (χ0n) is 9.58. The number of hydrogen-bond acceptors (Lipinski definition) is 4. The number of nitro benzene ring substituents is 1. The summed E-state index contributed by atoms with van der Waals surface area (Å²) in [7, 11) is 0. The number of anilines is 1. The fourth-order valence-corrected chi connectivity index (χ4v) is 1.50. The van der Waals surface area contributed by atoms with Crippen molar-refractivity contribution < 1.29 is 9.66 Å². The van der Waals surface area contributed by atoms with Crippen molar-refractivity contribution in [2.24, 2.45) is 0 Å². The van der Waals surface area contributed by atoms with Gasteiger partial charge in [0.25, 0.3) is 5.69 Å². The van der Waals surface area contributed by atoms with Gasteiger partial charge in [-0.25, -0.2) is 0 Å². The van der Waals surface area contributed by atoms with Gasteiger partial charge >= 0.3 is 0 Å². The Bertz CT molecular complexity index is 555. The molecule has 2 rings (SSSR count). The number of benzene rings is 2. The molecule has 0 radical (unpaired) electrons. The molecule has 0 unspecified atom stereocenters. The van der Waals surface area contributed by atoms with Gasteiger partial charge in [0.1, 0.15) is 12.4 Å². The van der Waals surface area contributed by atoms with E-state index >= 15 is 0 Å². The third kappa shape index (κ3) is 2.76. The predicted molar refractivity (Wildman–Crippen MR) is 68.3 cm³/mol. The molecule has 0 spiro atoms.